The molecule has 11 heteroatoms. The first-order valence-corrected chi connectivity index (χ1v) is 12.0. The number of hydrogen-bond donors (Lipinski definition) is 3. The number of nitrogens with one attached hydrogen (secondary N) is 2. The summed E-state index contributed by atoms with van der Waals surface area (Å²) < 4.78 is 18.0. The smallest absolute Gasteiger partial charge is 0.407 e. The normalized spacial score (nSPS) is 10.8. The Bertz CT molecular complexity index is 1470. The van der Waals surface area contributed by atoms with Gasteiger partial charge >= 0.3 is 6.09 Å². The Balaban J connectivity index is 1.52. The molecule has 198 valence electrons. The number of amides is 3. The van der Waals surface area contributed by atoms with Crippen LogP contribution < -0.4 is 21.1 Å². The van der Waals surface area contributed by atoms with E-state index < -0.39 is 17.9 Å². The fourth-order valence-corrected chi connectivity index (χ4v) is 4.07. The number of alkyl carbamates (subject to hydrolysis) is 1. The molecule has 0 radical (unpaired) electrons. The van der Waals surface area contributed by atoms with Crippen LogP contribution in [0.4, 0.5) is 10.7 Å². The predicted octanol–water partition coefficient (Wildman–Crippen LogP) is 3.92. The molecule has 0 bridgehead atoms. The molecule has 38 heavy (non-hydrogen) atoms. The third kappa shape index (κ3) is 5.94. The minimum Gasteiger partial charge on any atom is -0.494 e. The van der Waals surface area contributed by atoms with Crippen LogP contribution in [0.3, 0.4) is 0 Å². The van der Waals surface area contributed by atoms with E-state index in [1.165, 1.54) is 13.2 Å². The lowest BCUT2D eigenvalue weighted by molar-refractivity contribution is 0.0997. The molecule has 0 atom stereocenters. The third-order valence-corrected chi connectivity index (χ3v) is 5.86. The van der Waals surface area contributed by atoms with E-state index in [1.807, 2.05) is 30.3 Å². The van der Waals surface area contributed by atoms with Crippen molar-refractivity contribution in [1.82, 2.24) is 14.9 Å². The number of primary amides is 1. The van der Waals surface area contributed by atoms with Gasteiger partial charge in [-0.15, -0.1) is 0 Å². The molecule has 0 unspecified atom stereocenters. The zero-order chi connectivity index (χ0) is 27.2. The molecule has 4 N–H and O–H groups in total. The molecule has 0 saturated heterocycles. The van der Waals surface area contributed by atoms with Gasteiger partial charge in [-0.05, 0) is 44.0 Å². The van der Waals surface area contributed by atoms with Crippen LogP contribution in [0.1, 0.15) is 44.2 Å². The maximum absolute atomic E-state index is 13.0. The molecule has 0 fully saturated rings. The van der Waals surface area contributed by atoms with Crippen molar-refractivity contribution in [3.05, 3.63) is 76.7 Å². The first-order valence-electron chi connectivity index (χ1n) is 12.0. The Hall–Kier alpha value is -4.80. The van der Waals surface area contributed by atoms with Gasteiger partial charge in [0.15, 0.2) is 0 Å². The minimum absolute atomic E-state index is 0.168. The summed E-state index contributed by atoms with van der Waals surface area (Å²) in [6.07, 6.45) is -0.0494. The standard InChI is InChI=1S/C27H29N5O6/c1-16-12-20(17(2)38-16)25(34)31-26-30-21-13-19(24(28)33)14-22(36-3)23(21)32(26)11-7-10-29-27(35)37-15-18-8-5-4-6-9-18/h4-6,8-9,12-14H,7,10-11,15H2,1-3H3,(H2,28,33)(H,29,35)(H,30,31,34). The second-order valence-corrected chi connectivity index (χ2v) is 8.62. The number of imidazole rings is 1. The predicted molar refractivity (Wildman–Crippen MR) is 140 cm³/mol. The number of carbonyl (C=O) groups is 3. The van der Waals surface area contributed by atoms with Crippen LogP contribution in [0, 0.1) is 13.8 Å². The maximum Gasteiger partial charge on any atom is 0.407 e. The van der Waals surface area contributed by atoms with Crippen LogP contribution in [0.5, 0.6) is 5.75 Å². The van der Waals surface area contributed by atoms with Gasteiger partial charge in [0, 0.05) is 18.7 Å². The summed E-state index contributed by atoms with van der Waals surface area (Å²) in [5.41, 5.74) is 7.96. The van der Waals surface area contributed by atoms with Crippen molar-refractivity contribution in [2.24, 2.45) is 5.73 Å². The molecule has 2 aromatic carbocycles. The van der Waals surface area contributed by atoms with Crippen LogP contribution >= 0.6 is 0 Å². The number of methoxy groups -OCH3 is 1. The van der Waals surface area contributed by atoms with Crippen molar-refractivity contribution in [3.63, 3.8) is 0 Å². The maximum atomic E-state index is 13.0. The summed E-state index contributed by atoms with van der Waals surface area (Å²) in [6, 6.07) is 14.1. The van der Waals surface area contributed by atoms with E-state index in [4.69, 9.17) is 19.6 Å². The van der Waals surface area contributed by atoms with Gasteiger partial charge in [0.25, 0.3) is 5.91 Å². The Morgan fingerprint density at radius 1 is 1.11 bits per heavy atom. The minimum atomic E-state index is -0.631. The molecule has 11 nitrogen and oxygen atoms in total. The number of anilines is 1. The Labute approximate surface area is 218 Å². The van der Waals surface area contributed by atoms with E-state index in [-0.39, 0.29) is 18.1 Å². The lowest BCUT2D eigenvalue weighted by atomic mass is 10.1. The highest BCUT2D eigenvalue weighted by molar-refractivity contribution is 6.05. The largest absolute Gasteiger partial charge is 0.494 e. The highest BCUT2D eigenvalue weighted by Gasteiger charge is 2.21. The van der Waals surface area contributed by atoms with Crippen LogP contribution in [-0.2, 0) is 17.9 Å². The second-order valence-electron chi connectivity index (χ2n) is 8.62. The highest BCUT2D eigenvalue weighted by atomic mass is 16.5. The van der Waals surface area contributed by atoms with E-state index in [1.54, 1.807) is 30.5 Å². The quantitative estimate of drug-likeness (QED) is 0.269. The van der Waals surface area contributed by atoms with E-state index in [0.29, 0.717) is 53.4 Å². The molecule has 4 rings (SSSR count). The highest BCUT2D eigenvalue weighted by Crippen LogP contribution is 2.31. The Morgan fingerprint density at radius 3 is 2.53 bits per heavy atom. The molecule has 0 aliphatic heterocycles. The summed E-state index contributed by atoms with van der Waals surface area (Å²) in [5.74, 6) is 0.680. The molecule has 0 spiro atoms. The number of furan rings is 1. The van der Waals surface area contributed by atoms with Crippen molar-refractivity contribution < 1.29 is 28.3 Å². The molecule has 0 aliphatic rings. The topological polar surface area (TPSA) is 151 Å². The lowest BCUT2D eigenvalue weighted by Crippen LogP contribution is -2.26. The third-order valence-electron chi connectivity index (χ3n) is 5.86. The van der Waals surface area contributed by atoms with E-state index >= 15 is 0 Å². The van der Waals surface area contributed by atoms with Crippen molar-refractivity contribution in [2.45, 2.75) is 33.4 Å². The van der Waals surface area contributed by atoms with Gasteiger partial charge in [-0.25, -0.2) is 9.78 Å². The van der Waals surface area contributed by atoms with Crippen molar-refractivity contribution in [2.75, 3.05) is 19.0 Å². The number of ether oxygens (including phenoxy) is 2. The number of aromatic nitrogens is 2. The van der Waals surface area contributed by atoms with Crippen LogP contribution in [0.15, 0.2) is 52.9 Å². The number of benzene rings is 2. The fraction of sp³-hybridized carbons (Fsp3) is 0.259. The number of carbonyl (C=O) groups excluding carboxylic acids is 3. The molecule has 2 heterocycles. The van der Waals surface area contributed by atoms with E-state index in [2.05, 4.69) is 15.6 Å². The van der Waals surface area contributed by atoms with Gasteiger partial charge in [0.1, 0.15) is 29.4 Å². The summed E-state index contributed by atoms with van der Waals surface area (Å²) in [7, 11) is 1.47. The summed E-state index contributed by atoms with van der Waals surface area (Å²) in [5, 5.41) is 5.55. The van der Waals surface area contributed by atoms with Gasteiger partial charge in [0.05, 0.1) is 18.2 Å². The molecular formula is C27H29N5O6. The first kappa shape index (κ1) is 26.3. The number of nitrogens with zero attached hydrogens (tertiary/aromatic N) is 2. The lowest BCUT2D eigenvalue weighted by Gasteiger charge is -2.13. The average Bonchev–Trinajstić information content (AvgIpc) is 3.43. The Kier molecular flexibility index (Phi) is 7.95. The van der Waals surface area contributed by atoms with Crippen LogP contribution in [-0.4, -0.2) is 41.1 Å². The van der Waals surface area contributed by atoms with Crippen LogP contribution in [0.2, 0.25) is 0 Å². The van der Waals surface area contributed by atoms with Crippen LogP contribution in [0.25, 0.3) is 11.0 Å². The molecule has 4 aromatic rings. The van der Waals surface area contributed by atoms with Gasteiger partial charge in [-0.2, -0.15) is 0 Å². The van der Waals surface area contributed by atoms with Crippen molar-refractivity contribution in [3.8, 4) is 5.75 Å². The van der Waals surface area contributed by atoms with Crippen molar-refractivity contribution >= 4 is 34.9 Å². The molecule has 3 amide bonds. The Morgan fingerprint density at radius 2 is 1.87 bits per heavy atom. The summed E-state index contributed by atoms with van der Waals surface area (Å²) >= 11 is 0. The van der Waals surface area contributed by atoms with Gasteiger partial charge in [-0.3, -0.25) is 14.9 Å². The van der Waals surface area contributed by atoms with Gasteiger partial charge < -0.3 is 29.5 Å². The number of fused-ring (bicyclic) bond motifs is 1. The molecule has 2 aromatic heterocycles. The van der Waals surface area contributed by atoms with Gasteiger partial charge in [0.2, 0.25) is 11.9 Å². The molecule has 0 aliphatic carbocycles. The summed E-state index contributed by atoms with van der Waals surface area (Å²) in [4.78, 5) is 41.5. The van der Waals surface area contributed by atoms with E-state index in [0.717, 1.165) is 5.56 Å². The van der Waals surface area contributed by atoms with Gasteiger partial charge in [-0.1, -0.05) is 30.3 Å². The average molecular weight is 520 g/mol. The second kappa shape index (κ2) is 11.5. The molecule has 0 saturated carbocycles. The number of rotatable bonds is 10. The monoisotopic (exact) mass is 519 g/mol. The number of aryl methyl sites for hydroxylation is 3. The van der Waals surface area contributed by atoms with E-state index in [9.17, 15) is 14.4 Å². The zero-order valence-electron chi connectivity index (χ0n) is 21.4. The fourth-order valence-electron chi connectivity index (χ4n) is 4.07. The molecular weight excluding hydrogens is 490 g/mol. The zero-order valence-corrected chi connectivity index (χ0v) is 21.4. The SMILES string of the molecule is COc1cc(C(N)=O)cc2nc(NC(=O)c3cc(C)oc3C)n(CCCNC(=O)OCc3ccccc3)c12. The number of nitrogens with two attached hydrogens (primary N) is 1. The number of hydrogen-bond acceptors (Lipinski definition) is 7. The van der Waals surface area contributed by atoms with Crippen molar-refractivity contribution in [1.29, 1.82) is 0 Å². The first-order chi connectivity index (χ1) is 18.3. The summed E-state index contributed by atoms with van der Waals surface area (Å²) in [6.45, 7) is 4.30.